The number of aryl methyl sites for hydroxylation is 1. The molecule has 1 N–H and O–H groups in total. The van der Waals surface area contributed by atoms with Crippen LogP contribution in [0.2, 0.25) is 0 Å². The summed E-state index contributed by atoms with van der Waals surface area (Å²) in [7, 11) is 0. The van der Waals surface area contributed by atoms with Gasteiger partial charge in [0.15, 0.2) is 6.73 Å². The van der Waals surface area contributed by atoms with Crippen LogP contribution in [0.3, 0.4) is 0 Å². The van der Waals surface area contributed by atoms with Crippen LogP contribution in [0.25, 0.3) is 0 Å². The summed E-state index contributed by atoms with van der Waals surface area (Å²) in [5.74, 6) is -0.425. The number of hydrogen-bond acceptors (Lipinski definition) is 3. The van der Waals surface area contributed by atoms with Crippen molar-refractivity contribution >= 4 is 11.9 Å². The maximum atomic E-state index is 11.3. The summed E-state index contributed by atoms with van der Waals surface area (Å²) in [6.07, 6.45) is 1.37. The Bertz CT molecular complexity index is 362. The van der Waals surface area contributed by atoms with Gasteiger partial charge >= 0.3 is 5.97 Å². The highest BCUT2D eigenvalue weighted by Gasteiger charge is 2.04. The van der Waals surface area contributed by atoms with Gasteiger partial charge in [-0.1, -0.05) is 37.3 Å². The van der Waals surface area contributed by atoms with Crippen LogP contribution in [-0.4, -0.2) is 18.6 Å². The van der Waals surface area contributed by atoms with Gasteiger partial charge in [-0.05, 0) is 12.0 Å². The predicted molar refractivity (Wildman–Crippen MR) is 64.2 cm³/mol. The second-order valence-electron chi connectivity index (χ2n) is 3.60. The molecule has 17 heavy (non-hydrogen) atoms. The molecule has 0 heterocycles. The molecule has 0 aromatic heterocycles. The molecule has 0 aliphatic heterocycles. The van der Waals surface area contributed by atoms with Gasteiger partial charge in [0.25, 0.3) is 0 Å². The van der Waals surface area contributed by atoms with Gasteiger partial charge in [0.2, 0.25) is 5.91 Å². The molecule has 0 radical (unpaired) electrons. The summed E-state index contributed by atoms with van der Waals surface area (Å²) < 4.78 is 4.87. The van der Waals surface area contributed by atoms with E-state index < -0.39 is 0 Å². The molecule has 0 unspecified atom stereocenters. The number of carbonyl (C=O) groups is 2. The van der Waals surface area contributed by atoms with Crippen LogP contribution >= 0.6 is 0 Å². The van der Waals surface area contributed by atoms with Gasteiger partial charge in [0, 0.05) is 12.8 Å². The first-order valence-corrected chi connectivity index (χ1v) is 5.68. The lowest BCUT2D eigenvalue weighted by Gasteiger charge is -2.05. The van der Waals surface area contributed by atoms with Crippen LogP contribution in [0.4, 0.5) is 0 Å². The van der Waals surface area contributed by atoms with Crippen molar-refractivity contribution in [1.29, 1.82) is 0 Å². The van der Waals surface area contributed by atoms with E-state index in [0.717, 1.165) is 5.56 Å². The van der Waals surface area contributed by atoms with E-state index >= 15 is 0 Å². The van der Waals surface area contributed by atoms with Crippen molar-refractivity contribution in [1.82, 2.24) is 5.32 Å². The van der Waals surface area contributed by atoms with Gasteiger partial charge in [-0.15, -0.1) is 0 Å². The zero-order chi connectivity index (χ0) is 12.5. The fourth-order valence-electron chi connectivity index (χ4n) is 1.29. The number of benzene rings is 1. The molecule has 1 aromatic rings. The van der Waals surface area contributed by atoms with Gasteiger partial charge < -0.3 is 10.1 Å². The van der Waals surface area contributed by atoms with E-state index in [4.69, 9.17) is 4.74 Å². The van der Waals surface area contributed by atoms with Gasteiger partial charge in [-0.2, -0.15) is 0 Å². The third kappa shape index (κ3) is 5.70. The first-order valence-electron chi connectivity index (χ1n) is 5.68. The molecule has 4 heteroatoms. The quantitative estimate of drug-likeness (QED) is 0.602. The van der Waals surface area contributed by atoms with E-state index in [1.807, 2.05) is 30.3 Å². The zero-order valence-electron chi connectivity index (χ0n) is 9.94. The molecular formula is C13H17NO3. The van der Waals surface area contributed by atoms with Crippen LogP contribution in [0.1, 0.15) is 25.3 Å². The lowest BCUT2D eigenvalue weighted by Crippen LogP contribution is -2.26. The highest BCUT2D eigenvalue weighted by molar-refractivity contribution is 5.75. The minimum atomic E-state index is -0.301. The van der Waals surface area contributed by atoms with Gasteiger partial charge in [-0.3, -0.25) is 9.59 Å². The summed E-state index contributed by atoms with van der Waals surface area (Å²) in [6.45, 7) is 1.70. The first kappa shape index (κ1) is 13.2. The second-order valence-corrected chi connectivity index (χ2v) is 3.60. The van der Waals surface area contributed by atoms with Crippen molar-refractivity contribution in [2.45, 2.75) is 26.2 Å². The highest BCUT2D eigenvalue weighted by Crippen LogP contribution is 2.02. The Hall–Kier alpha value is -1.84. The lowest BCUT2D eigenvalue weighted by atomic mass is 10.1. The van der Waals surface area contributed by atoms with Crippen LogP contribution in [0.15, 0.2) is 30.3 Å². The third-order valence-corrected chi connectivity index (χ3v) is 2.28. The summed E-state index contributed by atoms with van der Waals surface area (Å²) in [4.78, 5) is 22.2. The summed E-state index contributed by atoms with van der Waals surface area (Å²) in [6, 6.07) is 9.73. The van der Waals surface area contributed by atoms with E-state index in [2.05, 4.69) is 5.32 Å². The minimum absolute atomic E-state index is 0.0414. The normalized spacial score (nSPS) is 9.71. The Balaban J connectivity index is 2.16. The monoisotopic (exact) mass is 235 g/mol. The molecule has 0 saturated heterocycles. The Kier molecular flexibility index (Phi) is 5.79. The molecule has 4 nitrogen and oxygen atoms in total. The van der Waals surface area contributed by atoms with Crippen molar-refractivity contribution in [2.75, 3.05) is 6.73 Å². The molecule has 0 fully saturated rings. The van der Waals surface area contributed by atoms with Crippen molar-refractivity contribution in [3.8, 4) is 0 Å². The second kappa shape index (κ2) is 7.44. The number of esters is 1. The van der Waals surface area contributed by atoms with E-state index in [-0.39, 0.29) is 18.6 Å². The maximum Gasteiger partial charge on any atom is 0.307 e. The summed E-state index contributed by atoms with van der Waals surface area (Å²) >= 11 is 0. The Morgan fingerprint density at radius 3 is 2.59 bits per heavy atom. The summed E-state index contributed by atoms with van der Waals surface area (Å²) in [5, 5.41) is 2.48. The van der Waals surface area contributed by atoms with E-state index in [1.165, 1.54) is 0 Å². The average molecular weight is 235 g/mol. The molecule has 1 amide bonds. The van der Waals surface area contributed by atoms with Crippen molar-refractivity contribution in [2.24, 2.45) is 0 Å². The van der Waals surface area contributed by atoms with Crippen LogP contribution < -0.4 is 5.32 Å². The molecule has 0 spiro atoms. The van der Waals surface area contributed by atoms with E-state index in [1.54, 1.807) is 6.92 Å². The van der Waals surface area contributed by atoms with Gasteiger partial charge in [0.1, 0.15) is 0 Å². The smallest absolute Gasteiger partial charge is 0.307 e. The lowest BCUT2D eigenvalue weighted by molar-refractivity contribution is -0.145. The highest BCUT2D eigenvalue weighted by atomic mass is 16.5. The molecule has 0 aliphatic carbocycles. The van der Waals surface area contributed by atoms with Crippen LogP contribution in [-0.2, 0) is 20.7 Å². The van der Waals surface area contributed by atoms with Crippen molar-refractivity contribution in [3.05, 3.63) is 35.9 Å². The topological polar surface area (TPSA) is 55.4 Å². The number of ether oxygens (including phenoxy) is 1. The Labute approximate surface area is 101 Å². The largest absolute Gasteiger partial charge is 0.444 e. The molecule has 1 aromatic carbocycles. The molecule has 0 atom stereocenters. The predicted octanol–water partition coefficient (Wildman–Crippen LogP) is 1.65. The number of carbonyl (C=O) groups excluding carboxylic acids is 2. The average Bonchev–Trinajstić information content (AvgIpc) is 2.37. The van der Waals surface area contributed by atoms with Gasteiger partial charge in [-0.25, -0.2) is 0 Å². The van der Waals surface area contributed by atoms with Gasteiger partial charge in [0.05, 0.1) is 0 Å². The number of nitrogens with one attached hydrogen (secondary N) is 1. The zero-order valence-corrected chi connectivity index (χ0v) is 9.94. The van der Waals surface area contributed by atoms with Crippen LogP contribution in [0, 0.1) is 0 Å². The molecule has 1 rings (SSSR count). The number of rotatable bonds is 6. The SMILES string of the molecule is CCC(=O)NCOC(=O)CCc1ccccc1. The molecule has 0 saturated carbocycles. The van der Waals surface area contributed by atoms with E-state index in [0.29, 0.717) is 19.3 Å². The minimum Gasteiger partial charge on any atom is -0.444 e. The fraction of sp³-hybridized carbons (Fsp3) is 0.385. The first-order chi connectivity index (χ1) is 8.22. The Morgan fingerprint density at radius 2 is 1.94 bits per heavy atom. The molecule has 0 aliphatic rings. The standard InChI is InChI=1S/C13H17NO3/c1-2-12(15)14-10-17-13(16)9-8-11-6-4-3-5-7-11/h3-7H,2,8-10H2,1H3,(H,14,15). The van der Waals surface area contributed by atoms with Crippen LogP contribution in [0.5, 0.6) is 0 Å². The molecule has 92 valence electrons. The maximum absolute atomic E-state index is 11.3. The number of amides is 1. The Morgan fingerprint density at radius 1 is 1.24 bits per heavy atom. The van der Waals surface area contributed by atoms with Crippen molar-refractivity contribution in [3.63, 3.8) is 0 Å². The molecular weight excluding hydrogens is 218 g/mol. The van der Waals surface area contributed by atoms with E-state index in [9.17, 15) is 9.59 Å². The number of hydrogen-bond donors (Lipinski definition) is 1. The molecule has 0 bridgehead atoms. The third-order valence-electron chi connectivity index (χ3n) is 2.28. The fourth-order valence-corrected chi connectivity index (χ4v) is 1.29. The van der Waals surface area contributed by atoms with Crippen molar-refractivity contribution < 1.29 is 14.3 Å². The summed E-state index contributed by atoms with van der Waals surface area (Å²) in [5.41, 5.74) is 1.10.